The summed E-state index contributed by atoms with van der Waals surface area (Å²) in [7, 11) is 0. The number of thioether (sulfide) groups is 1. The molecule has 0 bridgehead atoms. The number of hydrogen-bond acceptors (Lipinski definition) is 6. The number of β-lactam (4-membered cyclic amide) rings is 1. The average Bonchev–Trinajstić information content (AvgIpc) is 2.92. The van der Waals surface area contributed by atoms with Crippen LogP contribution < -0.4 is 34.7 Å². The third kappa shape index (κ3) is 2.34. The molecule has 1 amide bonds. The van der Waals surface area contributed by atoms with Gasteiger partial charge in [-0.3, -0.25) is 9.69 Å². The number of fused-ring (bicyclic) bond motifs is 1. The number of carbonyl (C=O) groups is 2. The molecule has 6 nitrogen and oxygen atoms in total. The van der Waals surface area contributed by atoms with Gasteiger partial charge in [0, 0.05) is 11.5 Å². The number of carbonyl (C=O) groups excluding carboxylic acids is 2. The molecule has 2 saturated heterocycles. The van der Waals surface area contributed by atoms with E-state index in [-0.39, 0.29) is 52.6 Å². The summed E-state index contributed by atoms with van der Waals surface area (Å²) < 4.78 is 5.50. The van der Waals surface area contributed by atoms with Crippen LogP contribution in [-0.2, 0) is 14.3 Å². The van der Waals surface area contributed by atoms with E-state index in [1.165, 1.54) is 16.7 Å². The Balaban J connectivity index is 0.00000147. The number of aliphatic hydroxyl groups excluding tert-OH is 1. The first-order valence-electron chi connectivity index (χ1n) is 6.27. The SMILES string of the molecule is CC(O)C1C(=O)N2C(C(=O)[O-])=C(C3CCCO3)SC12.[Na+]. The van der Waals surface area contributed by atoms with Gasteiger partial charge in [-0.15, -0.1) is 0 Å². The summed E-state index contributed by atoms with van der Waals surface area (Å²) in [5.41, 5.74) is -0.0659. The quantitative estimate of drug-likeness (QED) is 0.423. The van der Waals surface area contributed by atoms with Crippen LogP contribution in [0.25, 0.3) is 0 Å². The molecule has 4 unspecified atom stereocenters. The molecule has 0 saturated carbocycles. The van der Waals surface area contributed by atoms with Gasteiger partial charge < -0.3 is 19.7 Å². The molecule has 8 heteroatoms. The Morgan fingerprint density at radius 3 is 2.80 bits per heavy atom. The van der Waals surface area contributed by atoms with Crippen molar-refractivity contribution >= 4 is 23.6 Å². The molecule has 20 heavy (non-hydrogen) atoms. The van der Waals surface area contributed by atoms with Crippen molar-refractivity contribution < 1.29 is 54.1 Å². The van der Waals surface area contributed by atoms with Crippen LogP contribution in [0.5, 0.6) is 0 Å². The van der Waals surface area contributed by atoms with E-state index in [1.54, 1.807) is 6.92 Å². The van der Waals surface area contributed by atoms with E-state index in [4.69, 9.17) is 4.74 Å². The molecular weight excluding hydrogens is 293 g/mol. The van der Waals surface area contributed by atoms with E-state index in [9.17, 15) is 19.8 Å². The molecular formula is C12H14NNaO5S. The van der Waals surface area contributed by atoms with Crippen LogP contribution in [0, 0.1) is 5.92 Å². The summed E-state index contributed by atoms with van der Waals surface area (Å²) in [6, 6.07) is 0. The van der Waals surface area contributed by atoms with Gasteiger partial charge in [0.25, 0.3) is 0 Å². The normalized spacial score (nSPS) is 33.6. The standard InChI is InChI=1S/C12H15NO5S.Na/c1-5(14)7-10(15)13-8(12(16)17)9(19-11(7)13)6-3-2-4-18-6;/h5-7,11,14H,2-4H2,1H3,(H,16,17);/q;+1/p-1. The van der Waals surface area contributed by atoms with E-state index < -0.39 is 18.0 Å². The zero-order valence-electron chi connectivity index (χ0n) is 11.4. The first kappa shape index (κ1) is 16.3. The Morgan fingerprint density at radius 1 is 1.60 bits per heavy atom. The van der Waals surface area contributed by atoms with Crippen molar-refractivity contribution in [1.29, 1.82) is 0 Å². The van der Waals surface area contributed by atoms with Gasteiger partial charge in [0.1, 0.15) is 5.37 Å². The minimum absolute atomic E-state index is 0. The summed E-state index contributed by atoms with van der Waals surface area (Å²) in [4.78, 5) is 25.0. The molecule has 2 fully saturated rings. The topological polar surface area (TPSA) is 89.9 Å². The molecule has 0 spiro atoms. The van der Waals surface area contributed by atoms with E-state index in [0.29, 0.717) is 11.5 Å². The molecule has 0 aromatic heterocycles. The Morgan fingerprint density at radius 2 is 2.30 bits per heavy atom. The Hall–Kier alpha value is -0.0500. The molecule has 3 rings (SSSR count). The molecule has 3 aliphatic heterocycles. The molecule has 0 aliphatic carbocycles. The van der Waals surface area contributed by atoms with Gasteiger partial charge >= 0.3 is 29.6 Å². The summed E-state index contributed by atoms with van der Waals surface area (Å²) >= 11 is 1.31. The van der Waals surface area contributed by atoms with Crippen LogP contribution in [0.3, 0.4) is 0 Å². The number of carboxylic acid groups (broad SMARTS) is 1. The van der Waals surface area contributed by atoms with Gasteiger partial charge in [0.05, 0.1) is 29.8 Å². The van der Waals surface area contributed by atoms with Crippen LogP contribution in [0.15, 0.2) is 10.6 Å². The zero-order valence-corrected chi connectivity index (χ0v) is 14.2. The number of hydrogen-bond donors (Lipinski definition) is 1. The maximum Gasteiger partial charge on any atom is 1.00 e. The number of aliphatic hydroxyl groups is 1. The van der Waals surface area contributed by atoms with E-state index in [0.717, 1.165) is 12.8 Å². The van der Waals surface area contributed by atoms with E-state index >= 15 is 0 Å². The second-order valence-electron chi connectivity index (χ2n) is 4.99. The average molecular weight is 307 g/mol. The second-order valence-corrected chi connectivity index (χ2v) is 6.14. The predicted molar refractivity (Wildman–Crippen MR) is 64.4 cm³/mol. The number of amides is 1. The minimum Gasteiger partial charge on any atom is -0.543 e. The number of carboxylic acids is 1. The van der Waals surface area contributed by atoms with Gasteiger partial charge in [-0.1, -0.05) is 11.8 Å². The molecule has 4 atom stereocenters. The molecule has 0 aromatic rings. The number of aliphatic carboxylic acids is 1. The number of rotatable bonds is 3. The monoisotopic (exact) mass is 307 g/mol. The Labute approximate surface area is 142 Å². The van der Waals surface area contributed by atoms with E-state index in [1.807, 2.05) is 0 Å². The number of nitrogens with zero attached hydrogens (tertiary/aromatic N) is 1. The number of ether oxygens (including phenoxy) is 1. The van der Waals surface area contributed by atoms with Gasteiger partial charge in [-0.2, -0.15) is 0 Å². The molecule has 0 aromatic carbocycles. The largest absolute Gasteiger partial charge is 1.00 e. The minimum atomic E-state index is -1.35. The second kappa shape index (κ2) is 5.98. The smallest absolute Gasteiger partial charge is 0.543 e. The summed E-state index contributed by atoms with van der Waals surface area (Å²) in [5.74, 6) is -2.24. The first-order valence-corrected chi connectivity index (χ1v) is 7.15. The molecule has 0 radical (unpaired) electrons. The van der Waals surface area contributed by atoms with Crippen LogP contribution in [-0.4, -0.2) is 46.1 Å². The molecule has 104 valence electrons. The van der Waals surface area contributed by atoms with Gasteiger partial charge in [-0.05, 0) is 19.8 Å². The van der Waals surface area contributed by atoms with Gasteiger partial charge in [0.2, 0.25) is 5.91 Å². The first-order chi connectivity index (χ1) is 9.02. The van der Waals surface area contributed by atoms with Crippen LogP contribution in [0.4, 0.5) is 0 Å². The van der Waals surface area contributed by atoms with Crippen molar-refractivity contribution in [2.24, 2.45) is 5.92 Å². The summed E-state index contributed by atoms with van der Waals surface area (Å²) in [6.45, 7) is 2.15. The van der Waals surface area contributed by atoms with Crippen molar-refractivity contribution in [3.63, 3.8) is 0 Å². The fraction of sp³-hybridized carbons (Fsp3) is 0.667. The third-order valence-corrected chi connectivity index (χ3v) is 5.20. The Kier molecular flexibility index (Phi) is 4.88. The summed E-state index contributed by atoms with van der Waals surface area (Å²) in [6.07, 6.45) is 0.597. The molecule has 1 N–H and O–H groups in total. The van der Waals surface area contributed by atoms with Crippen molar-refractivity contribution in [3.05, 3.63) is 10.6 Å². The van der Waals surface area contributed by atoms with Gasteiger partial charge in [-0.25, -0.2) is 0 Å². The molecule has 3 heterocycles. The maximum atomic E-state index is 11.9. The van der Waals surface area contributed by atoms with Crippen LogP contribution in [0.2, 0.25) is 0 Å². The summed E-state index contributed by atoms with van der Waals surface area (Å²) in [5, 5.41) is 20.5. The van der Waals surface area contributed by atoms with Gasteiger partial charge in [0.15, 0.2) is 0 Å². The molecule has 3 aliphatic rings. The van der Waals surface area contributed by atoms with Crippen LogP contribution >= 0.6 is 11.8 Å². The van der Waals surface area contributed by atoms with Crippen molar-refractivity contribution in [1.82, 2.24) is 4.90 Å². The van der Waals surface area contributed by atoms with Crippen molar-refractivity contribution in [2.75, 3.05) is 6.61 Å². The maximum absolute atomic E-state index is 11.9. The predicted octanol–water partition coefficient (Wildman–Crippen LogP) is -3.96. The zero-order chi connectivity index (χ0) is 13.7. The fourth-order valence-corrected chi connectivity index (χ4v) is 4.51. The van der Waals surface area contributed by atoms with Crippen molar-refractivity contribution in [3.8, 4) is 0 Å². The van der Waals surface area contributed by atoms with Crippen LogP contribution in [0.1, 0.15) is 19.8 Å². The van der Waals surface area contributed by atoms with Crippen molar-refractivity contribution in [2.45, 2.75) is 37.3 Å². The fourth-order valence-electron chi connectivity index (χ4n) is 2.81. The third-order valence-electron chi connectivity index (χ3n) is 3.74. The van der Waals surface area contributed by atoms with E-state index in [2.05, 4.69) is 0 Å². The Bertz CT molecular complexity index is 474.